The van der Waals surface area contributed by atoms with Crippen LogP contribution in [0.2, 0.25) is 0 Å². The number of nitrogen functional groups attached to an aromatic ring is 2. The van der Waals surface area contributed by atoms with Crippen molar-refractivity contribution in [3.05, 3.63) is 24.0 Å². The van der Waals surface area contributed by atoms with Gasteiger partial charge in [-0.2, -0.15) is 0 Å². The second kappa shape index (κ2) is 2.53. The third kappa shape index (κ3) is 1.16. The second-order valence-electron chi connectivity index (χ2n) is 1.88. The van der Waals surface area contributed by atoms with Crippen molar-refractivity contribution < 1.29 is 4.39 Å². The van der Waals surface area contributed by atoms with Crippen LogP contribution >= 0.6 is 0 Å². The molecule has 0 aliphatic carbocycles. The van der Waals surface area contributed by atoms with Crippen molar-refractivity contribution >= 4 is 11.4 Å². The van der Waals surface area contributed by atoms with Gasteiger partial charge in [-0.05, 0) is 12.1 Å². The van der Waals surface area contributed by atoms with E-state index < -0.39 is 0 Å². The Kier molecular flexibility index (Phi) is 1.73. The average molecular weight is 141 g/mol. The number of hydrogen-bond donors (Lipinski definition) is 3. The van der Waals surface area contributed by atoms with E-state index in [0.29, 0.717) is 11.4 Å². The molecule has 54 valence electrons. The van der Waals surface area contributed by atoms with Gasteiger partial charge in [0.15, 0.2) is 0 Å². The van der Waals surface area contributed by atoms with E-state index in [4.69, 9.17) is 11.6 Å². The van der Waals surface area contributed by atoms with Gasteiger partial charge in [-0.1, -0.05) is 0 Å². The summed E-state index contributed by atoms with van der Waals surface area (Å²) in [6, 6.07) is 3.95. The lowest BCUT2D eigenvalue weighted by Gasteiger charge is -2.02. The Labute approximate surface area is 57.8 Å². The van der Waals surface area contributed by atoms with Crippen LogP contribution in [0.4, 0.5) is 15.8 Å². The molecule has 0 aromatic heterocycles. The highest BCUT2D eigenvalue weighted by Gasteiger charge is 1.96. The number of hydrogen-bond acceptors (Lipinski definition) is 3. The first-order valence-corrected chi connectivity index (χ1v) is 2.75. The van der Waals surface area contributed by atoms with E-state index in [9.17, 15) is 4.39 Å². The highest BCUT2D eigenvalue weighted by Crippen LogP contribution is 2.16. The van der Waals surface area contributed by atoms with Gasteiger partial charge in [0.25, 0.3) is 0 Å². The minimum absolute atomic E-state index is 0.359. The molecule has 0 spiro atoms. The van der Waals surface area contributed by atoms with Crippen molar-refractivity contribution in [2.75, 3.05) is 11.2 Å². The van der Waals surface area contributed by atoms with Crippen molar-refractivity contribution in [1.82, 2.24) is 0 Å². The van der Waals surface area contributed by atoms with E-state index in [1.54, 1.807) is 0 Å². The summed E-state index contributed by atoms with van der Waals surface area (Å²) in [6.45, 7) is 0. The van der Waals surface area contributed by atoms with Crippen LogP contribution in [0.3, 0.4) is 0 Å². The SMILES string of the molecule is NNc1cc(F)ccc1N. The van der Waals surface area contributed by atoms with Gasteiger partial charge in [-0.15, -0.1) is 0 Å². The monoisotopic (exact) mass is 141 g/mol. The smallest absolute Gasteiger partial charge is 0.125 e. The molecule has 0 heterocycles. The molecular formula is C6H8FN3. The molecule has 1 aromatic carbocycles. The summed E-state index contributed by atoms with van der Waals surface area (Å²) in [5, 5.41) is 0. The molecule has 0 saturated heterocycles. The summed E-state index contributed by atoms with van der Waals surface area (Å²) in [5.74, 6) is 4.66. The molecule has 3 nitrogen and oxygen atoms in total. The minimum atomic E-state index is -0.359. The number of halogens is 1. The van der Waals surface area contributed by atoms with Crippen LogP contribution in [-0.4, -0.2) is 0 Å². The van der Waals surface area contributed by atoms with Crippen LogP contribution < -0.4 is 17.0 Å². The molecule has 0 radical (unpaired) electrons. The molecule has 0 aliphatic heterocycles. The fourth-order valence-corrected chi connectivity index (χ4v) is 0.654. The van der Waals surface area contributed by atoms with Crippen molar-refractivity contribution in [1.29, 1.82) is 0 Å². The molecule has 1 rings (SSSR count). The Balaban J connectivity index is 3.09. The van der Waals surface area contributed by atoms with E-state index in [1.807, 2.05) is 0 Å². The fourth-order valence-electron chi connectivity index (χ4n) is 0.654. The molecule has 0 atom stereocenters. The van der Waals surface area contributed by atoms with Crippen molar-refractivity contribution in [2.45, 2.75) is 0 Å². The number of rotatable bonds is 1. The molecule has 10 heavy (non-hydrogen) atoms. The highest BCUT2D eigenvalue weighted by atomic mass is 19.1. The van der Waals surface area contributed by atoms with Crippen LogP contribution in [0.5, 0.6) is 0 Å². The van der Waals surface area contributed by atoms with Crippen molar-refractivity contribution in [3.63, 3.8) is 0 Å². The third-order valence-corrected chi connectivity index (χ3v) is 1.17. The Morgan fingerprint density at radius 1 is 1.40 bits per heavy atom. The topological polar surface area (TPSA) is 64.1 Å². The van der Waals surface area contributed by atoms with E-state index >= 15 is 0 Å². The van der Waals surface area contributed by atoms with E-state index in [-0.39, 0.29) is 5.82 Å². The van der Waals surface area contributed by atoms with Gasteiger partial charge in [-0.3, -0.25) is 5.84 Å². The summed E-state index contributed by atoms with van der Waals surface area (Å²) < 4.78 is 12.4. The van der Waals surface area contributed by atoms with Gasteiger partial charge >= 0.3 is 0 Å². The van der Waals surface area contributed by atoms with Gasteiger partial charge in [-0.25, -0.2) is 4.39 Å². The molecule has 1 aromatic rings. The number of nitrogens with one attached hydrogen (secondary N) is 1. The normalized spacial score (nSPS) is 9.40. The number of hydrazine groups is 1. The largest absolute Gasteiger partial charge is 0.397 e. The standard InChI is InChI=1S/C6H8FN3/c7-4-1-2-5(8)6(3-4)10-9/h1-3,10H,8-9H2. The zero-order valence-electron chi connectivity index (χ0n) is 5.26. The molecule has 0 fully saturated rings. The summed E-state index contributed by atoms with van der Waals surface area (Å²) in [6.07, 6.45) is 0. The maximum atomic E-state index is 12.4. The fraction of sp³-hybridized carbons (Fsp3) is 0. The van der Waals surface area contributed by atoms with Crippen LogP contribution in [0.15, 0.2) is 18.2 Å². The van der Waals surface area contributed by atoms with Crippen molar-refractivity contribution in [2.24, 2.45) is 5.84 Å². The number of anilines is 2. The van der Waals surface area contributed by atoms with Gasteiger partial charge in [0.1, 0.15) is 5.82 Å². The maximum Gasteiger partial charge on any atom is 0.125 e. The van der Waals surface area contributed by atoms with Crippen LogP contribution in [-0.2, 0) is 0 Å². The lowest BCUT2D eigenvalue weighted by molar-refractivity contribution is 0.628. The molecular weight excluding hydrogens is 133 g/mol. The zero-order valence-corrected chi connectivity index (χ0v) is 5.26. The molecule has 5 N–H and O–H groups in total. The Morgan fingerprint density at radius 3 is 2.60 bits per heavy atom. The Morgan fingerprint density at radius 2 is 2.10 bits per heavy atom. The maximum absolute atomic E-state index is 12.4. The Bertz CT molecular complexity index is 236. The van der Waals surface area contributed by atoms with Gasteiger partial charge in [0.2, 0.25) is 0 Å². The van der Waals surface area contributed by atoms with Crippen LogP contribution in [0, 0.1) is 5.82 Å². The first-order chi connectivity index (χ1) is 4.74. The summed E-state index contributed by atoms with van der Waals surface area (Å²) in [4.78, 5) is 0. The highest BCUT2D eigenvalue weighted by molar-refractivity contribution is 5.65. The first kappa shape index (κ1) is 6.82. The molecule has 0 bridgehead atoms. The summed E-state index contributed by atoms with van der Waals surface area (Å²) in [5.41, 5.74) is 8.50. The zero-order chi connectivity index (χ0) is 7.56. The van der Waals surface area contributed by atoms with E-state index in [0.717, 1.165) is 0 Å². The predicted molar refractivity (Wildman–Crippen MR) is 38.6 cm³/mol. The molecule has 0 unspecified atom stereocenters. The average Bonchev–Trinajstić information content (AvgIpc) is 1.94. The second-order valence-corrected chi connectivity index (χ2v) is 1.88. The van der Waals surface area contributed by atoms with Crippen LogP contribution in [0.1, 0.15) is 0 Å². The van der Waals surface area contributed by atoms with Gasteiger partial charge in [0.05, 0.1) is 11.4 Å². The predicted octanol–water partition coefficient (Wildman–Crippen LogP) is 0.694. The van der Waals surface area contributed by atoms with Crippen LogP contribution in [0.25, 0.3) is 0 Å². The van der Waals surface area contributed by atoms with Crippen molar-refractivity contribution in [3.8, 4) is 0 Å². The van der Waals surface area contributed by atoms with Gasteiger partial charge < -0.3 is 11.2 Å². The van der Waals surface area contributed by atoms with Gasteiger partial charge in [0, 0.05) is 6.07 Å². The lowest BCUT2D eigenvalue weighted by Crippen LogP contribution is -2.09. The molecule has 0 amide bonds. The minimum Gasteiger partial charge on any atom is -0.397 e. The Hall–Kier alpha value is -1.29. The molecule has 4 heteroatoms. The van der Waals surface area contributed by atoms with E-state index in [1.165, 1.54) is 18.2 Å². The number of benzene rings is 1. The molecule has 0 saturated carbocycles. The number of nitrogens with two attached hydrogens (primary N) is 2. The molecule has 0 aliphatic rings. The third-order valence-electron chi connectivity index (χ3n) is 1.17. The summed E-state index contributed by atoms with van der Waals surface area (Å²) in [7, 11) is 0. The quantitative estimate of drug-likeness (QED) is 0.306. The summed E-state index contributed by atoms with van der Waals surface area (Å²) >= 11 is 0. The lowest BCUT2D eigenvalue weighted by atomic mass is 10.3. The first-order valence-electron chi connectivity index (χ1n) is 2.75. The van der Waals surface area contributed by atoms with E-state index in [2.05, 4.69) is 5.43 Å².